The lowest BCUT2D eigenvalue weighted by atomic mass is 9.94. The van der Waals surface area contributed by atoms with Gasteiger partial charge in [-0.1, -0.05) is 37.8 Å². The third-order valence-electron chi connectivity index (χ3n) is 3.37. The van der Waals surface area contributed by atoms with Crippen molar-refractivity contribution in [3.63, 3.8) is 0 Å². The SMILES string of the molecule is Oc1cccc2c1CCCCCCCC2. The Balaban J connectivity index is 2.19. The summed E-state index contributed by atoms with van der Waals surface area (Å²) >= 11 is 0. The lowest BCUT2D eigenvalue weighted by Gasteiger charge is -2.13. The molecule has 0 unspecified atom stereocenters. The first-order valence-electron chi connectivity index (χ1n) is 6.17. The summed E-state index contributed by atoms with van der Waals surface area (Å²) in [6, 6.07) is 5.97. The van der Waals surface area contributed by atoms with Gasteiger partial charge >= 0.3 is 0 Å². The fourth-order valence-electron chi connectivity index (χ4n) is 2.47. The molecule has 0 amide bonds. The molecular formula is C14H20O. The van der Waals surface area contributed by atoms with E-state index in [2.05, 4.69) is 6.07 Å². The van der Waals surface area contributed by atoms with Crippen LogP contribution in [-0.2, 0) is 12.8 Å². The number of fused-ring (bicyclic) bond motifs is 1. The van der Waals surface area contributed by atoms with Crippen LogP contribution < -0.4 is 0 Å². The zero-order valence-corrected chi connectivity index (χ0v) is 9.34. The molecule has 0 fully saturated rings. The van der Waals surface area contributed by atoms with Gasteiger partial charge in [-0.15, -0.1) is 0 Å². The van der Waals surface area contributed by atoms with Gasteiger partial charge in [0, 0.05) is 0 Å². The van der Waals surface area contributed by atoms with E-state index < -0.39 is 0 Å². The summed E-state index contributed by atoms with van der Waals surface area (Å²) in [7, 11) is 0. The standard InChI is InChI=1S/C14H20O/c15-14-11-7-9-12-8-5-3-1-2-4-6-10-13(12)14/h7,9,11,15H,1-6,8,10H2. The topological polar surface area (TPSA) is 20.2 Å². The first-order chi connectivity index (χ1) is 7.38. The highest BCUT2D eigenvalue weighted by Gasteiger charge is 2.08. The minimum atomic E-state index is 0.507. The molecule has 1 N–H and O–H groups in total. The largest absolute Gasteiger partial charge is 0.508 e. The molecule has 82 valence electrons. The van der Waals surface area contributed by atoms with Gasteiger partial charge in [0.15, 0.2) is 0 Å². The number of hydrogen-bond acceptors (Lipinski definition) is 1. The number of phenols is 1. The molecule has 0 bridgehead atoms. The summed E-state index contributed by atoms with van der Waals surface area (Å²) in [4.78, 5) is 0. The number of benzene rings is 1. The Bertz CT molecular complexity index is 317. The van der Waals surface area contributed by atoms with Crippen molar-refractivity contribution in [2.75, 3.05) is 0 Å². The molecule has 2 rings (SSSR count). The molecule has 0 spiro atoms. The van der Waals surface area contributed by atoms with E-state index in [1.807, 2.05) is 12.1 Å². The molecule has 0 radical (unpaired) electrons. The molecule has 0 atom stereocenters. The summed E-state index contributed by atoms with van der Waals surface area (Å²) < 4.78 is 0. The van der Waals surface area contributed by atoms with Crippen molar-refractivity contribution >= 4 is 0 Å². The van der Waals surface area contributed by atoms with Gasteiger partial charge in [-0.2, -0.15) is 0 Å². The van der Waals surface area contributed by atoms with E-state index in [1.54, 1.807) is 0 Å². The van der Waals surface area contributed by atoms with Gasteiger partial charge in [0.25, 0.3) is 0 Å². The van der Waals surface area contributed by atoms with Crippen molar-refractivity contribution < 1.29 is 5.11 Å². The van der Waals surface area contributed by atoms with Crippen LogP contribution in [0.1, 0.15) is 49.7 Å². The van der Waals surface area contributed by atoms with Crippen molar-refractivity contribution in [3.8, 4) is 5.75 Å². The Labute approximate surface area is 92.1 Å². The van der Waals surface area contributed by atoms with E-state index in [4.69, 9.17) is 0 Å². The quantitative estimate of drug-likeness (QED) is 0.681. The maximum atomic E-state index is 9.84. The summed E-state index contributed by atoms with van der Waals surface area (Å²) in [5, 5.41) is 9.84. The molecule has 1 nitrogen and oxygen atoms in total. The minimum absolute atomic E-state index is 0.507. The van der Waals surface area contributed by atoms with Crippen LogP contribution in [0.3, 0.4) is 0 Å². The molecule has 0 aliphatic heterocycles. The number of aryl methyl sites for hydroxylation is 1. The van der Waals surface area contributed by atoms with Gasteiger partial charge in [0.05, 0.1) is 0 Å². The van der Waals surface area contributed by atoms with Crippen LogP contribution in [0.4, 0.5) is 0 Å². The average Bonchev–Trinajstić information content (AvgIpc) is 2.26. The number of rotatable bonds is 0. The van der Waals surface area contributed by atoms with Gasteiger partial charge in [-0.3, -0.25) is 0 Å². The average molecular weight is 204 g/mol. The third-order valence-corrected chi connectivity index (χ3v) is 3.37. The lowest BCUT2D eigenvalue weighted by Crippen LogP contribution is -1.98. The fourth-order valence-corrected chi connectivity index (χ4v) is 2.47. The first-order valence-corrected chi connectivity index (χ1v) is 6.17. The number of hydrogen-bond donors (Lipinski definition) is 1. The summed E-state index contributed by atoms with van der Waals surface area (Å²) in [5.74, 6) is 0.507. The van der Waals surface area contributed by atoms with Gasteiger partial charge < -0.3 is 5.11 Å². The normalized spacial score (nSPS) is 18.1. The van der Waals surface area contributed by atoms with Crippen LogP contribution in [0.15, 0.2) is 18.2 Å². The molecular weight excluding hydrogens is 184 g/mol. The highest BCUT2D eigenvalue weighted by molar-refractivity contribution is 5.39. The summed E-state index contributed by atoms with van der Waals surface area (Å²) in [5.41, 5.74) is 2.58. The van der Waals surface area contributed by atoms with Crippen molar-refractivity contribution in [2.24, 2.45) is 0 Å². The lowest BCUT2D eigenvalue weighted by molar-refractivity contribution is 0.463. The van der Waals surface area contributed by atoms with Crippen LogP contribution in [-0.4, -0.2) is 5.11 Å². The second-order valence-corrected chi connectivity index (χ2v) is 4.54. The Morgan fingerprint density at radius 3 is 2.27 bits per heavy atom. The van der Waals surface area contributed by atoms with Crippen LogP contribution in [0, 0.1) is 0 Å². The molecule has 1 aromatic carbocycles. The van der Waals surface area contributed by atoms with E-state index in [0.717, 1.165) is 12.8 Å². The molecule has 0 aromatic heterocycles. The van der Waals surface area contributed by atoms with Gasteiger partial charge in [-0.05, 0) is 42.9 Å². The van der Waals surface area contributed by atoms with Crippen LogP contribution in [0.25, 0.3) is 0 Å². The smallest absolute Gasteiger partial charge is 0.119 e. The van der Waals surface area contributed by atoms with Crippen molar-refractivity contribution in [1.29, 1.82) is 0 Å². The minimum Gasteiger partial charge on any atom is -0.508 e. The Kier molecular flexibility index (Phi) is 3.65. The second kappa shape index (κ2) is 5.20. The second-order valence-electron chi connectivity index (χ2n) is 4.54. The van der Waals surface area contributed by atoms with Crippen LogP contribution in [0.2, 0.25) is 0 Å². The van der Waals surface area contributed by atoms with Crippen molar-refractivity contribution in [3.05, 3.63) is 29.3 Å². The summed E-state index contributed by atoms with van der Waals surface area (Å²) in [6.07, 6.45) is 10.1. The zero-order chi connectivity index (χ0) is 10.5. The van der Waals surface area contributed by atoms with E-state index in [-0.39, 0.29) is 0 Å². The Morgan fingerprint density at radius 2 is 1.47 bits per heavy atom. The van der Waals surface area contributed by atoms with E-state index >= 15 is 0 Å². The Hall–Kier alpha value is -0.980. The molecule has 1 aromatic rings. The molecule has 1 aliphatic rings. The molecule has 0 saturated carbocycles. The number of phenolic OH excluding ortho intramolecular Hbond substituents is 1. The predicted molar refractivity (Wildman–Crippen MR) is 63.2 cm³/mol. The van der Waals surface area contributed by atoms with E-state index in [9.17, 15) is 5.11 Å². The van der Waals surface area contributed by atoms with E-state index in [0.29, 0.717) is 5.75 Å². The maximum Gasteiger partial charge on any atom is 0.119 e. The van der Waals surface area contributed by atoms with Crippen LogP contribution >= 0.6 is 0 Å². The van der Waals surface area contributed by atoms with Gasteiger partial charge in [0.2, 0.25) is 0 Å². The molecule has 1 aliphatic carbocycles. The van der Waals surface area contributed by atoms with Crippen molar-refractivity contribution in [1.82, 2.24) is 0 Å². The monoisotopic (exact) mass is 204 g/mol. The number of aromatic hydroxyl groups is 1. The van der Waals surface area contributed by atoms with Crippen molar-refractivity contribution in [2.45, 2.75) is 51.4 Å². The summed E-state index contributed by atoms with van der Waals surface area (Å²) in [6.45, 7) is 0. The Morgan fingerprint density at radius 1 is 0.800 bits per heavy atom. The fraction of sp³-hybridized carbons (Fsp3) is 0.571. The first kappa shape index (κ1) is 10.5. The molecule has 0 saturated heterocycles. The zero-order valence-electron chi connectivity index (χ0n) is 9.34. The molecule has 0 heterocycles. The third kappa shape index (κ3) is 2.74. The highest BCUT2D eigenvalue weighted by Crippen LogP contribution is 2.26. The predicted octanol–water partition coefficient (Wildman–Crippen LogP) is 3.83. The highest BCUT2D eigenvalue weighted by atomic mass is 16.3. The van der Waals surface area contributed by atoms with Gasteiger partial charge in [0.1, 0.15) is 5.75 Å². The van der Waals surface area contributed by atoms with Gasteiger partial charge in [-0.25, -0.2) is 0 Å². The molecule has 15 heavy (non-hydrogen) atoms. The molecule has 1 heteroatoms. The van der Waals surface area contributed by atoms with E-state index in [1.165, 1.54) is 49.7 Å². The maximum absolute atomic E-state index is 9.84. The van der Waals surface area contributed by atoms with Crippen LogP contribution in [0.5, 0.6) is 5.75 Å².